The molecule has 30 heavy (non-hydrogen) atoms. The number of H-pyrrole nitrogens is 1. The number of fused-ring (bicyclic) bond motifs is 1. The van der Waals surface area contributed by atoms with E-state index in [1.165, 1.54) is 30.3 Å². The first-order valence-corrected chi connectivity index (χ1v) is 9.64. The molecule has 152 valence electrons. The number of carbonyl (C=O) groups excluding carboxylic acids is 2. The number of imide groups is 1. The molecule has 3 amide bonds. The van der Waals surface area contributed by atoms with Crippen molar-refractivity contribution >= 4 is 58.1 Å². The summed E-state index contributed by atoms with van der Waals surface area (Å²) >= 11 is 12.0. The Labute approximate surface area is 180 Å². The molecule has 1 aliphatic rings. The molecule has 2 heterocycles. The van der Waals surface area contributed by atoms with E-state index in [1.807, 2.05) is 6.92 Å². The molecule has 1 atom stereocenters. The van der Waals surface area contributed by atoms with Crippen LogP contribution in [0.1, 0.15) is 22.7 Å². The molecule has 3 aromatic rings. The van der Waals surface area contributed by atoms with Crippen molar-refractivity contribution in [1.82, 2.24) is 15.2 Å². The Hall–Kier alpha value is -3.29. The zero-order valence-electron chi connectivity index (χ0n) is 15.6. The van der Waals surface area contributed by atoms with Gasteiger partial charge in [0.1, 0.15) is 5.70 Å². The van der Waals surface area contributed by atoms with Gasteiger partial charge in [-0.15, -0.1) is 0 Å². The molecule has 1 saturated heterocycles. The number of hydrogen-bond acceptors (Lipinski definition) is 3. The van der Waals surface area contributed by atoms with Crippen LogP contribution in [-0.4, -0.2) is 32.9 Å². The minimum Gasteiger partial charge on any atom is -0.479 e. The molecule has 0 spiro atoms. The molecule has 4 rings (SSSR count). The van der Waals surface area contributed by atoms with Crippen molar-refractivity contribution in [2.75, 3.05) is 0 Å². The quantitative estimate of drug-likeness (QED) is 0.407. The maximum absolute atomic E-state index is 12.9. The van der Waals surface area contributed by atoms with E-state index in [1.54, 1.807) is 18.3 Å². The number of carbonyl (C=O) groups is 3. The number of nitrogens with zero attached hydrogens (tertiary/aromatic N) is 1. The van der Waals surface area contributed by atoms with Crippen LogP contribution in [0, 0.1) is 6.92 Å². The van der Waals surface area contributed by atoms with Crippen molar-refractivity contribution < 1.29 is 19.5 Å². The molecular weight excluding hydrogens is 429 g/mol. The van der Waals surface area contributed by atoms with E-state index >= 15 is 0 Å². The smallest absolute Gasteiger partial charge is 0.331 e. The van der Waals surface area contributed by atoms with Crippen LogP contribution < -0.4 is 5.32 Å². The van der Waals surface area contributed by atoms with Crippen LogP contribution in [0.25, 0.3) is 17.0 Å². The maximum atomic E-state index is 12.9. The SMILES string of the molecule is Cc1c(Cl)ccc2c(C=C3NC(=O)N(C(C(=O)O)c4ccc(Cl)cc4)C3=O)c[nH]c12. The van der Waals surface area contributed by atoms with Gasteiger partial charge in [-0.1, -0.05) is 41.4 Å². The summed E-state index contributed by atoms with van der Waals surface area (Å²) in [6.45, 7) is 1.87. The number of aromatic nitrogens is 1. The van der Waals surface area contributed by atoms with Crippen LogP contribution in [0.2, 0.25) is 10.0 Å². The Balaban J connectivity index is 1.73. The van der Waals surface area contributed by atoms with Crippen LogP contribution in [-0.2, 0) is 9.59 Å². The van der Waals surface area contributed by atoms with Gasteiger partial charge < -0.3 is 15.4 Å². The fourth-order valence-corrected chi connectivity index (χ4v) is 3.73. The summed E-state index contributed by atoms with van der Waals surface area (Å²) in [5, 5.41) is 14.0. The summed E-state index contributed by atoms with van der Waals surface area (Å²) in [5.74, 6) is -2.07. The number of aryl methyl sites for hydroxylation is 1. The molecular formula is C21H15Cl2N3O4. The number of amides is 3. The second kappa shape index (κ2) is 7.51. The molecule has 9 heteroatoms. The molecule has 0 saturated carbocycles. The maximum Gasteiger partial charge on any atom is 0.331 e. The van der Waals surface area contributed by atoms with Crippen molar-refractivity contribution in [3.05, 3.63) is 75.0 Å². The lowest BCUT2D eigenvalue weighted by atomic mass is 10.1. The summed E-state index contributed by atoms with van der Waals surface area (Å²) in [4.78, 5) is 41.1. The Morgan fingerprint density at radius 3 is 2.50 bits per heavy atom. The average molecular weight is 444 g/mol. The Kier molecular flexibility index (Phi) is 5.01. The van der Waals surface area contributed by atoms with E-state index in [9.17, 15) is 19.5 Å². The largest absolute Gasteiger partial charge is 0.479 e. The van der Waals surface area contributed by atoms with Crippen molar-refractivity contribution in [3.63, 3.8) is 0 Å². The third-order valence-electron chi connectivity index (χ3n) is 4.97. The molecule has 0 bridgehead atoms. The number of urea groups is 1. The third-order valence-corrected chi connectivity index (χ3v) is 5.63. The number of hydrogen-bond donors (Lipinski definition) is 3. The minimum absolute atomic E-state index is 0.0197. The summed E-state index contributed by atoms with van der Waals surface area (Å²) in [6.07, 6.45) is 3.20. The topological polar surface area (TPSA) is 102 Å². The highest BCUT2D eigenvalue weighted by Gasteiger charge is 2.43. The third kappa shape index (κ3) is 3.32. The van der Waals surface area contributed by atoms with Crippen molar-refractivity contribution in [3.8, 4) is 0 Å². The Morgan fingerprint density at radius 2 is 1.83 bits per heavy atom. The van der Waals surface area contributed by atoms with Crippen LogP contribution in [0.4, 0.5) is 4.79 Å². The van der Waals surface area contributed by atoms with Gasteiger partial charge in [0.2, 0.25) is 0 Å². The van der Waals surface area contributed by atoms with Gasteiger partial charge in [0, 0.05) is 27.2 Å². The zero-order valence-corrected chi connectivity index (χ0v) is 17.1. The molecule has 0 radical (unpaired) electrons. The highest BCUT2D eigenvalue weighted by atomic mass is 35.5. The van der Waals surface area contributed by atoms with Gasteiger partial charge in [0.05, 0.1) is 5.52 Å². The number of nitrogens with one attached hydrogen (secondary N) is 2. The second-order valence-electron chi connectivity index (χ2n) is 6.79. The number of halogens is 2. The summed E-state index contributed by atoms with van der Waals surface area (Å²) in [5.41, 5.74) is 2.57. The molecule has 1 unspecified atom stereocenters. The first kappa shape index (κ1) is 20.0. The first-order chi connectivity index (χ1) is 14.3. The molecule has 3 N–H and O–H groups in total. The summed E-state index contributed by atoms with van der Waals surface area (Å²) in [6, 6.07) is 7.20. The van der Waals surface area contributed by atoms with Gasteiger partial charge in [0.15, 0.2) is 6.04 Å². The van der Waals surface area contributed by atoms with Gasteiger partial charge in [-0.2, -0.15) is 0 Å². The lowest BCUT2D eigenvalue weighted by Crippen LogP contribution is -2.39. The highest BCUT2D eigenvalue weighted by molar-refractivity contribution is 6.32. The number of aromatic amines is 1. The summed E-state index contributed by atoms with van der Waals surface area (Å²) in [7, 11) is 0. The van der Waals surface area contributed by atoms with Gasteiger partial charge in [-0.05, 0) is 42.3 Å². The fraction of sp³-hybridized carbons (Fsp3) is 0.0952. The second-order valence-corrected chi connectivity index (χ2v) is 7.64. The lowest BCUT2D eigenvalue weighted by molar-refractivity contribution is -0.146. The van der Waals surface area contributed by atoms with Crippen LogP contribution in [0.5, 0.6) is 0 Å². The van der Waals surface area contributed by atoms with E-state index in [0.29, 0.717) is 20.5 Å². The van der Waals surface area contributed by atoms with E-state index in [-0.39, 0.29) is 11.3 Å². The lowest BCUT2D eigenvalue weighted by Gasteiger charge is -2.21. The van der Waals surface area contributed by atoms with E-state index < -0.39 is 23.9 Å². The van der Waals surface area contributed by atoms with E-state index in [2.05, 4.69) is 10.3 Å². The van der Waals surface area contributed by atoms with Crippen LogP contribution >= 0.6 is 23.2 Å². The average Bonchev–Trinajstić information content (AvgIpc) is 3.23. The molecule has 0 aliphatic carbocycles. The number of carboxylic acids is 1. The van der Waals surface area contributed by atoms with Crippen LogP contribution in [0.3, 0.4) is 0 Å². The Morgan fingerprint density at radius 1 is 1.13 bits per heavy atom. The molecule has 2 aromatic carbocycles. The fourth-order valence-electron chi connectivity index (χ4n) is 3.45. The number of aliphatic carboxylic acids is 1. The monoisotopic (exact) mass is 443 g/mol. The number of carboxylic acid groups (broad SMARTS) is 1. The normalized spacial score (nSPS) is 16.4. The molecule has 1 aromatic heterocycles. The van der Waals surface area contributed by atoms with Gasteiger partial charge in [-0.25, -0.2) is 14.5 Å². The zero-order chi connectivity index (χ0) is 21.6. The van der Waals surface area contributed by atoms with Gasteiger partial charge in [-0.3, -0.25) is 4.79 Å². The minimum atomic E-state index is -1.48. The Bertz CT molecular complexity index is 1230. The summed E-state index contributed by atoms with van der Waals surface area (Å²) < 4.78 is 0. The van der Waals surface area contributed by atoms with Gasteiger partial charge >= 0.3 is 12.0 Å². The van der Waals surface area contributed by atoms with Crippen molar-refractivity contribution in [1.29, 1.82) is 0 Å². The molecule has 7 nitrogen and oxygen atoms in total. The standard InChI is InChI=1S/C21H15Cl2N3O4/c1-10-15(23)7-6-14-12(9-24-17(10)14)8-16-19(27)26(21(30)25-16)18(20(28)29)11-2-4-13(22)5-3-11/h2-9,18,24H,1H3,(H,25,30)(H,28,29). The van der Waals surface area contributed by atoms with E-state index in [0.717, 1.165) is 16.5 Å². The van der Waals surface area contributed by atoms with E-state index in [4.69, 9.17) is 23.2 Å². The predicted molar refractivity (Wildman–Crippen MR) is 113 cm³/mol. The molecule has 1 aliphatic heterocycles. The number of benzene rings is 2. The predicted octanol–water partition coefficient (Wildman–Crippen LogP) is 4.50. The van der Waals surface area contributed by atoms with Gasteiger partial charge in [0.25, 0.3) is 5.91 Å². The molecule has 1 fully saturated rings. The van der Waals surface area contributed by atoms with Crippen molar-refractivity contribution in [2.45, 2.75) is 13.0 Å². The van der Waals surface area contributed by atoms with Crippen LogP contribution in [0.15, 0.2) is 48.3 Å². The number of rotatable bonds is 4. The van der Waals surface area contributed by atoms with Crippen molar-refractivity contribution in [2.24, 2.45) is 0 Å². The highest BCUT2D eigenvalue weighted by Crippen LogP contribution is 2.31. The first-order valence-electron chi connectivity index (χ1n) is 8.88.